The van der Waals surface area contributed by atoms with Gasteiger partial charge in [-0.25, -0.2) is 18.1 Å². The molecule has 1 aromatic carbocycles. The molecule has 0 bridgehead atoms. The topological polar surface area (TPSA) is 78.8 Å². The molecule has 0 aromatic heterocycles. The summed E-state index contributed by atoms with van der Waals surface area (Å²) in [5.74, 6) is 0.0276. The molecule has 1 aliphatic rings. The van der Waals surface area contributed by atoms with Crippen LogP contribution in [-0.2, 0) is 14.8 Å². The molecule has 0 unspecified atom stereocenters. The number of carbonyl (C=O) groups excluding carboxylic acids is 1. The SMILES string of the molecule is CCN(CCNS(C)(=O)=O)c1ccc(N=C2C=CC(=O)C(C)=C2C)c(C)c1. The van der Waals surface area contributed by atoms with Crippen LogP contribution in [0.15, 0.2) is 46.5 Å². The Labute approximate surface area is 161 Å². The highest BCUT2D eigenvalue weighted by molar-refractivity contribution is 7.88. The van der Waals surface area contributed by atoms with E-state index in [1.807, 2.05) is 45.9 Å². The van der Waals surface area contributed by atoms with Crippen molar-refractivity contribution in [2.75, 3.05) is 30.8 Å². The average Bonchev–Trinajstić information content (AvgIpc) is 2.60. The number of anilines is 1. The lowest BCUT2D eigenvalue weighted by molar-refractivity contribution is -0.111. The fourth-order valence-electron chi connectivity index (χ4n) is 2.83. The van der Waals surface area contributed by atoms with Gasteiger partial charge in [0.1, 0.15) is 0 Å². The van der Waals surface area contributed by atoms with Crippen molar-refractivity contribution in [2.24, 2.45) is 4.99 Å². The van der Waals surface area contributed by atoms with Crippen molar-refractivity contribution in [2.45, 2.75) is 27.7 Å². The highest BCUT2D eigenvalue weighted by Crippen LogP contribution is 2.27. The molecule has 0 fully saturated rings. The molecule has 0 amide bonds. The maximum Gasteiger partial charge on any atom is 0.208 e. The molecule has 1 N–H and O–H groups in total. The fraction of sp³-hybridized carbons (Fsp3) is 0.400. The van der Waals surface area contributed by atoms with E-state index in [4.69, 9.17) is 4.99 Å². The number of benzene rings is 1. The lowest BCUT2D eigenvalue weighted by atomic mass is 9.97. The van der Waals surface area contributed by atoms with Crippen molar-refractivity contribution in [1.82, 2.24) is 4.72 Å². The van der Waals surface area contributed by atoms with Crippen LogP contribution >= 0.6 is 0 Å². The molecule has 0 aliphatic heterocycles. The summed E-state index contributed by atoms with van der Waals surface area (Å²) in [6.07, 6.45) is 4.47. The second-order valence-corrected chi connectivity index (χ2v) is 8.49. The standard InChI is InChI=1S/C20H27N3O3S/c1-6-23(12-11-21-27(5,25)26)17-7-8-18(14(2)13-17)22-19-9-10-20(24)16(4)15(19)3/h7-10,13,21H,6,11-12H2,1-5H3. The number of aliphatic imine (C=N–C) groups is 1. The summed E-state index contributed by atoms with van der Waals surface area (Å²) in [4.78, 5) is 18.5. The number of nitrogens with zero attached hydrogens (tertiary/aromatic N) is 2. The van der Waals surface area contributed by atoms with E-state index in [9.17, 15) is 13.2 Å². The highest BCUT2D eigenvalue weighted by atomic mass is 32.2. The van der Waals surface area contributed by atoms with E-state index in [1.165, 1.54) is 0 Å². The molecule has 0 saturated carbocycles. The third kappa shape index (κ3) is 5.61. The summed E-state index contributed by atoms with van der Waals surface area (Å²) in [5.41, 5.74) is 5.31. The average molecular weight is 390 g/mol. The van der Waals surface area contributed by atoms with Crippen LogP contribution in [0.25, 0.3) is 0 Å². The molecule has 2 rings (SSSR count). The molecular weight excluding hydrogens is 362 g/mol. The first-order valence-corrected chi connectivity index (χ1v) is 10.8. The van der Waals surface area contributed by atoms with Crippen LogP contribution in [0.3, 0.4) is 0 Å². The number of sulfonamides is 1. The third-order valence-corrected chi connectivity index (χ3v) is 5.35. The zero-order valence-corrected chi connectivity index (χ0v) is 17.4. The molecular formula is C20H27N3O3S. The number of aryl methyl sites for hydroxylation is 1. The molecule has 0 spiro atoms. The molecule has 0 heterocycles. The maximum atomic E-state index is 11.7. The molecule has 6 nitrogen and oxygen atoms in total. The zero-order valence-electron chi connectivity index (χ0n) is 16.5. The van der Waals surface area contributed by atoms with Crippen molar-refractivity contribution < 1.29 is 13.2 Å². The summed E-state index contributed by atoms with van der Waals surface area (Å²) in [6.45, 7) is 9.47. The van der Waals surface area contributed by atoms with Gasteiger partial charge in [0.15, 0.2) is 5.78 Å². The van der Waals surface area contributed by atoms with Gasteiger partial charge < -0.3 is 4.90 Å². The number of carbonyl (C=O) groups is 1. The van der Waals surface area contributed by atoms with Gasteiger partial charge in [-0.1, -0.05) is 0 Å². The van der Waals surface area contributed by atoms with Crippen LogP contribution < -0.4 is 9.62 Å². The summed E-state index contributed by atoms with van der Waals surface area (Å²) < 4.78 is 25.0. The molecule has 0 saturated heterocycles. The van der Waals surface area contributed by atoms with Gasteiger partial charge in [-0.3, -0.25) is 4.79 Å². The Kier molecular flexibility index (Phi) is 6.73. The van der Waals surface area contributed by atoms with Crippen LogP contribution in [0.5, 0.6) is 0 Å². The highest BCUT2D eigenvalue weighted by Gasteiger charge is 2.14. The van der Waals surface area contributed by atoms with Crippen molar-refractivity contribution in [3.8, 4) is 0 Å². The summed E-state index contributed by atoms with van der Waals surface area (Å²) in [5, 5.41) is 0. The zero-order chi connectivity index (χ0) is 20.2. The number of nitrogens with one attached hydrogen (secondary N) is 1. The smallest absolute Gasteiger partial charge is 0.208 e. The summed E-state index contributed by atoms with van der Waals surface area (Å²) in [7, 11) is -3.18. The van der Waals surface area contributed by atoms with Gasteiger partial charge >= 0.3 is 0 Å². The van der Waals surface area contributed by atoms with Crippen molar-refractivity contribution in [3.63, 3.8) is 0 Å². The van der Waals surface area contributed by atoms with E-state index in [1.54, 1.807) is 12.2 Å². The Morgan fingerprint density at radius 3 is 2.41 bits per heavy atom. The van der Waals surface area contributed by atoms with Gasteiger partial charge in [-0.05, 0) is 69.2 Å². The van der Waals surface area contributed by atoms with Crippen LogP contribution in [0.4, 0.5) is 11.4 Å². The minimum Gasteiger partial charge on any atom is -0.370 e. The number of ketones is 1. The maximum absolute atomic E-state index is 11.7. The summed E-state index contributed by atoms with van der Waals surface area (Å²) >= 11 is 0. The first-order chi connectivity index (χ1) is 12.6. The lowest BCUT2D eigenvalue weighted by Gasteiger charge is -2.24. The number of hydrogen-bond acceptors (Lipinski definition) is 5. The quantitative estimate of drug-likeness (QED) is 0.727. The second kappa shape index (κ2) is 8.63. The second-order valence-electron chi connectivity index (χ2n) is 6.66. The predicted octanol–water partition coefficient (Wildman–Crippen LogP) is 2.92. The van der Waals surface area contributed by atoms with Crippen LogP contribution in [-0.4, -0.2) is 45.8 Å². The van der Waals surface area contributed by atoms with Crippen LogP contribution in [0.2, 0.25) is 0 Å². The first kappa shape index (κ1) is 21.1. The van der Waals surface area contributed by atoms with E-state index in [0.29, 0.717) is 13.1 Å². The minimum atomic E-state index is -3.18. The predicted molar refractivity (Wildman–Crippen MR) is 112 cm³/mol. The molecule has 1 aromatic rings. The van der Waals surface area contributed by atoms with Gasteiger partial charge in [0, 0.05) is 30.9 Å². The fourth-order valence-corrected chi connectivity index (χ4v) is 3.29. The first-order valence-electron chi connectivity index (χ1n) is 8.91. The molecule has 27 heavy (non-hydrogen) atoms. The van der Waals surface area contributed by atoms with Crippen molar-refractivity contribution >= 4 is 32.9 Å². The number of hydrogen-bond donors (Lipinski definition) is 1. The Hall–Kier alpha value is -2.25. The largest absolute Gasteiger partial charge is 0.370 e. The molecule has 1 aliphatic carbocycles. The van der Waals surface area contributed by atoms with Crippen LogP contribution in [0, 0.1) is 6.92 Å². The normalized spacial score (nSPS) is 16.3. The van der Waals surface area contributed by atoms with Crippen LogP contribution in [0.1, 0.15) is 26.3 Å². The van der Waals surface area contributed by atoms with Gasteiger partial charge in [0.05, 0.1) is 17.7 Å². The lowest BCUT2D eigenvalue weighted by Crippen LogP contribution is -2.34. The molecule has 146 valence electrons. The van der Waals surface area contributed by atoms with E-state index in [-0.39, 0.29) is 5.78 Å². The number of allylic oxidation sites excluding steroid dienone is 4. The number of rotatable bonds is 7. The van der Waals surface area contributed by atoms with Gasteiger partial charge in [-0.15, -0.1) is 0 Å². The monoisotopic (exact) mass is 389 g/mol. The minimum absolute atomic E-state index is 0.0276. The van der Waals surface area contributed by atoms with Gasteiger partial charge in [-0.2, -0.15) is 0 Å². The van der Waals surface area contributed by atoms with E-state index >= 15 is 0 Å². The van der Waals surface area contributed by atoms with Gasteiger partial charge in [0.25, 0.3) is 0 Å². The Balaban J connectivity index is 2.21. The molecule has 0 radical (unpaired) electrons. The Morgan fingerprint density at radius 1 is 1.11 bits per heavy atom. The Morgan fingerprint density at radius 2 is 1.81 bits per heavy atom. The van der Waals surface area contributed by atoms with Gasteiger partial charge in [0.2, 0.25) is 10.0 Å². The third-order valence-electron chi connectivity index (χ3n) is 4.62. The Bertz CT molecular complexity index is 928. The summed E-state index contributed by atoms with van der Waals surface area (Å²) in [6, 6.07) is 5.99. The molecule has 0 atom stereocenters. The number of likely N-dealkylation sites (N-methyl/N-ethyl adjacent to an activating group) is 1. The van der Waals surface area contributed by atoms with E-state index in [0.717, 1.165) is 46.6 Å². The van der Waals surface area contributed by atoms with E-state index in [2.05, 4.69) is 9.62 Å². The van der Waals surface area contributed by atoms with Crippen molar-refractivity contribution in [3.05, 3.63) is 47.1 Å². The van der Waals surface area contributed by atoms with Crippen molar-refractivity contribution in [1.29, 1.82) is 0 Å². The molecule has 7 heteroatoms. The van der Waals surface area contributed by atoms with E-state index < -0.39 is 10.0 Å².